The summed E-state index contributed by atoms with van der Waals surface area (Å²) < 4.78 is 1.87. The number of rotatable bonds is 6. The summed E-state index contributed by atoms with van der Waals surface area (Å²) in [5.74, 6) is 0. The summed E-state index contributed by atoms with van der Waals surface area (Å²) in [6.45, 7) is 0. The van der Waals surface area contributed by atoms with Gasteiger partial charge in [0.05, 0.1) is 6.20 Å². The van der Waals surface area contributed by atoms with Gasteiger partial charge in [0.2, 0.25) is 0 Å². The van der Waals surface area contributed by atoms with Gasteiger partial charge >= 0.3 is 0 Å². The van der Waals surface area contributed by atoms with Gasteiger partial charge in [-0.15, -0.1) is 0 Å². The van der Waals surface area contributed by atoms with E-state index in [9.17, 15) is 0 Å². The number of benzene rings is 1. The standard InChI is InChI=1S/C15H18Br2N2/c1-19-10-14(9-18-19)8-15(11-16,12-17)7-13-5-3-2-4-6-13/h2-6,9-10H,7-8,11-12H2,1H3. The van der Waals surface area contributed by atoms with Crippen LogP contribution < -0.4 is 0 Å². The van der Waals surface area contributed by atoms with Crippen LogP contribution in [0.25, 0.3) is 0 Å². The molecule has 2 rings (SSSR count). The zero-order valence-electron chi connectivity index (χ0n) is 11.0. The van der Waals surface area contributed by atoms with E-state index in [0.29, 0.717) is 0 Å². The minimum Gasteiger partial charge on any atom is -0.276 e. The lowest BCUT2D eigenvalue weighted by atomic mass is 9.81. The molecular formula is C15H18Br2N2. The second kappa shape index (κ2) is 6.71. The van der Waals surface area contributed by atoms with E-state index in [0.717, 1.165) is 23.5 Å². The van der Waals surface area contributed by atoms with Crippen LogP contribution in [0.4, 0.5) is 0 Å². The Hall–Kier alpha value is -0.610. The highest BCUT2D eigenvalue weighted by Gasteiger charge is 2.29. The molecule has 2 aromatic rings. The van der Waals surface area contributed by atoms with Crippen molar-refractivity contribution in [1.29, 1.82) is 0 Å². The molecule has 0 fully saturated rings. The monoisotopic (exact) mass is 384 g/mol. The minimum atomic E-state index is 0.185. The summed E-state index contributed by atoms with van der Waals surface area (Å²) in [6.07, 6.45) is 6.14. The molecule has 0 bridgehead atoms. The molecular weight excluding hydrogens is 368 g/mol. The maximum atomic E-state index is 4.26. The number of nitrogens with zero attached hydrogens (tertiary/aromatic N) is 2. The van der Waals surface area contributed by atoms with Crippen LogP contribution in [0.5, 0.6) is 0 Å². The first kappa shape index (κ1) is 14.8. The summed E-state index contributed by atoms with van der Waals surface area (Å²) in [4.78, 5) is 0. The zero-order valence-corrected chi connectivity index (χ0v) is 14.2. The number of aromatic nitrogens is 2. The second-order valence-corrected chi connectivity index (χ2v) is 6.25. The summed E-state index contributed by atoms with van der Waals surface area (Å²) in [5, 5.41) is 6.20. The van der Waals surface area contributed by atoms with Crippen LogP contribution in [0.2, 0.25) is 0 Å². The van der Waals surface area contributed by atoms with Crippen molar-refractivity contribution in [1.82, 2.24) is 9.78 Å². The highest BCUT2D eigenvalue weighted by Crippen LogP contribution is 2.32. The SMILES string of the molecule is Cn1cc(CC(CBr)(CBr)Cc2ccccc2)cn1. The lowest BCUT2D eigenvalue weighted by Crippen LogP contribution is -2.30. The van der Waals surface area contributed by atoms with Crippen molar-refractivity contribution >= 4 is 31.9 Å². The van der Waals surface area contributed by atoms with Gasteiger partial charge in [0, 0.05) is 23.9 Å². The molecule has 0 unspecified atom stereocenters. The van der Waals surface area contributed by atoms with Gasteiger partial charge in [-0.2, -0.15) is 5.10 Å². The van der Waals surface area contributed by atoms with E-state index >= 15 is 0 Å². The number of halogens is 2. The predicted molar refractivity (Wildman–Crippen MR) is 87.1 cm³/mol. The first-order valence-electron chi connectivity index (χ1n) is 6.31. The average Bonchev–Trinajstić information content (AvgIpc) is 2.84. The molecule has 0 N–H and O–H groups in total. The molecule has 102 valence electrons. The van der Waals surface area contributed by atoms with Gasteiger partial charge in [-0.3, -0.25) is 4.68 Å². The van der Waals surface area contributed by atoms with E-state index in [1.807, 2.05) is 17.9 Å². The Morgan fingerprint density at radius 3 is 2.21 bits per heavy atom. The van der Waals surface area contributed by atoms with Crippen molar-refractivity contribution in [2.45, 2.75) is 12.8 Å². The van der Waals surface area contributed by atoms with Gasteiger partial charge in [0.1, 0.15) is 0 Å². The van der Waals surface area contributed by atoms with Gasteiger partial charge in [0.15, 0.2) is 0 Å². The molecule has 1 aromatic heterocycles. The topological polar surface area (TPSA) is 17.8 Å². The van der Waals surface area contributed by atoms with Crippen LogP contribution >= 0.6 is 31.9 Å². The van der Waals surface area contributed by atoms with E-state index in [1.165, 1.54) is 11.1 Å². The molecule has 0 aliphatic carbocycles. The molecule has 2 nitrogen and oxygen atoms in total. The molecule has 0 saturated heterocycles. The lowest BCUT2D eigenvalue weighted by molar-refractivity contribution is 0.386. The Kier molecular flexibility index (Phi) is 5.22. The average molecular weight is 386 g/mol. The van der Waals surface area contributed by atoms with Crippen molar-refractivity contribution in [3.8, 4) is 0 Å². The first-order chi connectivity index (χ1) is 9.17. The fourth-order valence-electron chi connectivity index (χ4n) is 2.31. The van der Waals surface area contributed by atoms with Crippen molar-refractivity contribution in [3.05, 3.63) is 53.9 Å². The van der Waals surface area contributed by atoms with E-state index in [2.05, 4.69) is 73.5 Å². The third-order valence-corrected chi connectivity index (χ3v) is 5.71. The van der Waals surface area contributed by atoms with Crippen molar-refractivity contribution in [2.24, 2.45) is 12.5 Å². The van der Waals surface area contributed by atoms with E-state index in [4.69, 9.17) is 0 Å². The Morgan fingerprint density at radius 1 is 1.05 bits per heavy atom. The molecule has 0 aliphatic rings. The van der Waals surface area contributed by atoms with Gasteiger partial charge in [-0.25, -0.2) is 0 Å². The largest absolute Gasteiger partial charge is 0.276 e. The van der Waals surface area contributed by atoms with Gasteiger partial charge in [0.25, 0.3) is 0 Å². The molecule has 1 heterocycles. The van der Waals surface area contributed by atoms with E-state index < -0.39 is 0 Å². The molecule has 0 spiro atoms. The van der Waals surface area contributed by atoms with Crippen molar-refractivity contribution in [3.63, 3.8) is 0 Å². The third-order valence-electron chi connectivity index (χ3n) is 3.33. The van der Waals surface area contributed by atoms with Gasteiger partial charge < -0.3 is 0 Å². The summed E-state index contributed by atoms with van der Waals surface area (Å²) >= 11 is 7.40. The quantitative estimate of drug-likeness (QED) is 0.687. The highest BCUT2D eigenvalue weighted by atomic mass is 79.9. The van der Waals surface area contributed by atoms with Gasteiger partial charge in [-0.05, 0) is 29.4 Å². The van der Waals surface area contributed by atoms with Crippen LogP contribution in [0.1, 0.15) is 11.1 Å². The van der Waals surface area contributed by atoms with Crippen LogP contribution in [-0.2, 0) is 19.9 Å². The minimum absolute atomic E-state index is 0.185. The number of hydrogen-bond acceptors (Lipinski definition) is 1. The zero-order chi connectivity index (χ0) is 13.7. The molecule has 19 heavy (non-hydrogen) atoms. The normalized spacial score (nSPS) is 11.7. The first-order valence-corrected chi connectivity index (χ1v) is 8.55. The maximum Gasteiger partial charge on any atom is 0.0521 e. The second-order valence-electron chi connectivity index (χ2n) is 5.13. The molecule has 0 saturated carbocycles. The molecule has 0 radical (unpaired) electrons. The Labute approximate surface area is 131 Å². The van der Waals surface area contributed by atoms with Crippen molar-refractivity contribution in [2.75, 3.05) is 10.7 Å². The Morgan fingerprint density at radius 2 is 1.68 bits per heavy atom. The maximum absolute atomic E-state index is 4.26. The molecule has 0 atom stereocenters. The summed E-state index contributed by atoms with van der Waals surface area (Å²) in [5.41, 5.74) is 2.85. The van der Waals surface area contributed by atoms with Crippen LogP contribution in [0.3, 0.4) is 0 Å². The predicted octanol–water partition coefficient (Wildman–Crippen LogP) is 3.98. The molecule has 0 aliphatic heterocycles. The third kappa shape index (κ3) is 3.93. The Bertz CT molecular complexity index is 504. The number of alkyl halides is 2. The fourth-order valence-corrected chi connectivity index (χ4v) is 4.03. The van der Waals surface area contributed by atoms with Crippen LogP contribution in [0, 0.1) is 5.41 Å². The molecule has 4 heteroatoms. The van der Waals surface area contributed by atoms with Crippen LogP contribution in [0.15, 0.2) is 42.7 Å². The number of hydrogen-bond donors (Lipinski definition) is 0. The fraction of sp³-hybridized carbons (Fsp3) is 0.400. The Balaban J connectivity index is 2.17. The lowest BCUT2D eigenvalue weighted by Gasteiger charge is -2.30. The molecule has 1 aromatic carbocycles. The van der Waals surface area contributed by atoms with E-state index in [1.54, 1.807) is 0 Å². The van der Waals surface area contributed by atoms with Gasteiger partial charge in [-0.1, -0.05) is 62.2 Å². The van der Waals surface area contributed by atoms with Crippen molar-refractivity contribution < 1.29 is 0 Å². The van der Waals surface area contributed by atoms with E-state index in [-0.39, 0.29) is 5.41 Å². The van der Waals surface area contributed by atoms with Crippen LogP contribution in [-0.4, -0.2) is 20.4 Å². The number of aryl methyl sites for hydroxylation is 1. The molecule has 0 amide bonds. The smallest absolute Gasteiger partial charge is 0.0521 e. The highest BCUT2D eigenvalue weighted by molar-refractivity contribution is 9.09. The summed E-state index contributed by atoms with van der Waals surface area (Å²) in [6, 6.07) is 10.7. The summed E-state index contributed by atoms with van der Waals surface area (Å²) in [7, 11) is 1.96.